The van der Waals surface area contributed by atoms with E-state index in [0.29, 0.717) is 11.7 Å². The Bertz CT molecular complexity index is 370. The van der Waals surface area contributed by atoms with Gasteiger partial charge < -0.3 is 20.5 Å². The van der Waals surface area contributed by atoms with Gasteiger partial charge in [0, 0.05) is 20.2 Å². The van der Waals surface area contributed by atoms with Crippen molar-refractivity contribution in [2.45, 2.75) is 6.04 Å². The molecule has 1 aromatic heterocycles. The third-order valence-corrected chi connectivity index (χ3v) is 1.81. The van der Waals surface area contributed by atoms with Gasteiger partial charge in [-0.25, -0.2) is 9.97 Å². The molecule has 0 aromatic carbocycles. The summed E-state index contributed by atoms with van der Waals surface area (Å²) >= 11 is 0. The highest BCUT2D eigenvalue weighted by Gasteiger charge is 2.12. The van der Waals surface area contributed by atoms with Crippen LogP contribution >= 0.6 is 0 Å². The molecule has 0 fully saturated rings. The zero-order valence-electron chi connectivity index (χ0n) is 9.12. The van der Waals surface area contributed by atoms with Crippen molar-refractivity contribution in [3.8, 4) is 5.88 Å². The van der Waals surface area contributed by atoms with Crippen LogP contribution in [0.3, 0.4) is 0 Å². The lowest BCUT2D eigenvalue weighted by Crippen LogP contribution is -2.36. The maximum atomic E-state index is 10.4. The Kier molecular flexibility index (Phi) is 4.01. The van der Waals surface area contributed by atoms with Crippen molar-refractivity contribution in [3.63, 3.8) is 0 Å². The molecule has 0 spiro atoms. The van der Waals surface area contributed by atoms with Gasteiger partial charge in [0.1, 0.15) is 24.8 Å². The Balaban J connectivity index is 2.60. The van der Waals surface area contributed by atoms with Crippen molar-refractivity contribution >= 4 is 11.8 Å². The van der Waals surface area contributed by atoms with Crippen LogP contribution in [0.2, 0.25) is 0 Å². The van der Waals surface area contributed by atoms with Crippen LogP contribution in [0, 0.1) is 0 Å². The van der Waals surface area contributed by atoms with E-state index < -0.39 is 12.0 Å². The smallest absolute Gasteiger partial charge is 0.324 e. The predicted molar refractivity (Wildman–Crippen MR) is 57.5 cm³/mol. The van der Waals surface area contributed by atoms with E-state index in [1.165, 1.54) is 6.33 Å². The van der Waals surface area contributed by atoms with Gasteiger partial charge in [-0.1, -0.05) is 0 Å². The van der Waals surface area contributed by atoms with Crippen molar-refractivity contribution in [3.05, 3.63) is 12.4 Å². The molecule has 0 aliphatic carbocycles. The Morgan fingerprint density at radius 2 is 2.31 bits per heavy atom. The first-order valence-corrected chi connectivity index (χ1v) is 4.61. The molecule has 7 heteroatoms. The fourth-order valence-corrected chi connectivity index (χ4v) is 0.900. The lowest BCUT2D eigenvalue weighted by atomic mass is 10.3. The van der Waals surface area contributed by atoms with Crippen LogP contribution in [-0.4, -0.2) is 47.8 Å². The molecule has 7 nitrogen and oxygen atoms in total. The predicted octanol–water partition coefficient (Wildman–Crippen LogP) is -0.667. The highest BCUT2D eigenvalue weighted by Crippen LogP contribution is 2.12. The van der Waals surface area contributed by atoms with Crippen LogP contribution in [0.15, 0.2) is 12.4 Å². The molecule has 1 heterocycles. The average molecular weight is 226 g/mol. The third-order valence-electron chi connectivity index (χ3n) is 1.81. The SMILES string of the molecule is CN(C)c1cc(OCC(N)C(=O)O)ncn1. The van der Waals surface area contributed by atoms with Gasteiger partial charge in [-0.15, -0.1) is 0 Å². The molecule has 0 radical (unpaired) electrons. The van der Waals surface area contributed by atoms with Gasteiger partial charge in [0.05, 0.1) is 0 Å². The van der Waals surface area contributed by atoms with Crippen LogP contribution in [-0.2, 0) is 4.79 Å². The number of anilines is 1. The molecule has 0 saturated carbocycles. The lowest BCUT2D eigenvalue weighted by molar-refractivity contribution is -0.139. The van der Waals surface area contributed by atoms with Gasteiger partial charge in [0.25, 0.3) is 0 Å². The molecular weight excluding hydrogens is 212 g/mol. The summed E-state index contributed by atoms with van der Waals surface area (Å²) in [5, 5.41) is 8.56. The molecule has 0 aliphatic heterocycles. The largest absolute Gasteiger partial charge is 0.480 e. The number of rotatable bonds is 5. The van der Waals surface area contributed by atoms with Gasteiger partial charge in [-0.2, -0.15) is 0 Å². The van der Waals surface area contributed by atoms with Crippen molar-refractivity contribution in [2.24, 2.45) is 5.73 Å². The summed E-state index contributed by atoms with van der Waals surface area (Å²) in [6.45, 7) is -0.126. The highest BCUT2D eigenvalue weighted by molar-refractivity contribution is 5.73. The maximum Gasteiger partial charge on any atom is 0.324 e. The van der Waals surface area contributed by atoms with E-state index in [1.807, 2.05) is 14.1 Å². The standard InChI is InChI=1S/C9H14N4O3/c1-13(2)7-3-8(12-5-11-7)16-4-6(10)9(14)15/h3,5-6H,4,10H2,1-2H3,(H,14,15). The van der Waals surface area contributed by atoms with E-state index >= 15 is 0 Å². The molecule has 1 unspecified atom stereocenters. The van der Waals surface area contributed by atoms with E-state index in [9.17, 15) is 4.79 Å². The van der Waals surface area contributed by atoms with Gasteiger partial charge in [-0.3, -0.25) is 4.79 Å². The number of ether oxygens (including phenoxy) is 1. The van der Waals surface area contributed by atoms with Crippen molar-refractivity contribution in [2.75, 3.05) is 25.6 Å². The average Bonchev–Trinajstić information content (AvgIpc) is 2.26. The van der Waals surface area contributed by atoms with Gasteiger partial charge in [-0.05, 0) is 0 Å². The van der Waals surface area contributed by atoms with Crippen LogP contribution < -0.4 is 15.4 Å². The molecule has 1 atom stereocenters. The number of hydrogen-bond acceptors (Lipinski definition) is 6. The minimum absolute atomic E-state index is 0.126. The Labute approximate surface area is 92.9 Å². The molecule has 0 saturated heterocycles. The van der Waals surface area contributed by atoms with E-state index in [-0.39, 0.29) is 6.61 Å². The normalized spacial score (nSPS) is 11.9. The fourth-order valence-electron chi connectivity index (χ4n) is 0.900. The molecule has 88 valence electrons. The van der Waals surface area contributed by atoms with E-state index in [4.69, 9.17) is 15.6 Å². The monoisotopic (exact) mass is 226 g/mol. The summed E-state index contributed by atoms with van der Waals surface area (Å²) in [7, 11) is 3.66. The zero-order valence-corrected chi connectivity index (χ0v) is 9.12. The number of nitrogens with two attached hydrogens (primary N) is 1. The number of carboxylic acids is 1. The van der Waals surface area contributed by atoms with Crippen molar-refractivity contribution in [1.29, 1.82) is 0 Å². The molecule has 0 aliphatic rings. The molecule has 1 aromatic rings. The summed E-state index contributed by atoms with van der Waals surface area (Å²) in [4.78, 5) is 20.1. The first-order chi connectivity index (χ1) is 7.50. The number of aliphatic carboxylic acids is 1. The fraction of sp³-hybridized carbons (Fsp3) is 0.444. The van der Waals surface area contributed by atoms with E-state index in [1.54, 1.807) is 11.0 Å². The van der Waals surface area contributed by atoms with Crippen molar-refractivity contribution in [1.82, 2.24) is 9.97 Å². The van der Waals surface area contributed by atoms with Crippen LogP contribution in [0.1, 0.15) is 0 Å². The third kappa shape index (κ3) is 3.35. The van der Waals surface area contributed by atoms with Gasteiger partial charge in [0.15, 0.2) is 0 Å². The molecular formula is C9H14N4O3. The van der Waals surface area contributed by atoms with Crippen molar-refractivity contribution < 1.29 is 14.6 Å². The minimum atomic E-state index is -1.11. The molecule has 0 bridgehead atoms. The molecule has 0 amide bonds. The van der Waals surface area contributed by atoms with Crippen LogP contribution in [0.5, 0.6) is 5.88 Å². The summed E-state index contributed by atoms with van der Waals surface area (Å²) in [5.41, 5.74) is 5.28. The Morgan fingerprint density at radius 3 is 2.88 bits per heavy atom. The molecule has 16 heavy (non-hydrogen) atoms. The summed E-state index contributed by atoms with van der Waals surface area (Å²) in [5.74, 6) is -0.133. The number of carboxylic acid groups (broad SMARTS) is 1. The van der Waals surface area contributed by atoms with Crippen LogP contribution in [0.25, 0.3) is 0 Å². The Hall–Kier alpha value is -1.89. The highest BCUT2D eigenvalue weighted by atomic mass is 16.5. The number of hydrogen-bond donors (Lipinski definition) is 2. The van der Waals surface area contributed by atoms with E-state index in [0.717, 1.165) is 0 Å². The number of nitrogens with zero attached hydrogens (tertiary/aromatic N) is 3. The number of aromatic nitrogens is 2. The second-order valence-electron chi connectivity index (χ2n) is 3.36. The quantitative estimate of drug-likeness (QED) is 0.686. The summed E-state index contributed by atoms with van der Waals surface area (Å²) < 4.78 is 5.14. The second kappa shape index (κ2) is 5.26. The summed E-state index contributed by atoms with van der Waals surface area (Å²) in [6.07, 6.45) is 1.34. The summed E-state index contributed by atoms with van der Waals surface area (Å²) in [6, 6.07) is 0.548. The van der Waals surface area contributed by atoms with E-state index in [2.05, 4.69) is 9.97 Å². The first-order valence-electron chi connectivity index (χ1n) is 4.61. The number of carbonyl (C=O) groups is 1. The minimum Gasteiger partial charge on any atom is -0.480 e. The maximum absolute atomic E-state index is 10.4. The second-order valence-corrected chi connectivity index (χ2v) is 3.36. The zero-order chi connectivity index (χ0) is 12.1. The molecule has 1 rings (SSSR count). The van der Waals surface area contributed by atoms with Gasteiger partial charge >= 0.3 is 5.97 Å². The van der Waals surface area contributed by atoms with Gasteiger partial charge in [0.2, 0.25) is 5.88 Å². The lowest BCUT2D eigenvalue weighted by Gasteiger charge is -2.12. The molecule has 3 N–H and O–H groups in total. The Morgan fingerprint density at radius 1 is 1.62 bits per heavy atom. The first kappa shape index (κ1) is 12.2. The topological polar surface area (TPSA) is 102 Å². The van der Waals surface area contributed by atoms with Crippen LogP contribution in [0.4, 0.5) is 5.82 Å².